The SMILES string of the molecule is CCc1nnc(C)cc1C(=O)N1CCC(C(=O)OC)CC1. The summed E-state index contributed by atoms with van der Waals surface area (Å²) < 4.78 is 4.76. The largest absolute Gasteiger partial charge is 0.469 e. The third-order valence-corrected chi connectivity index (χ3v) is 3.87. The lowest BCUT2D eigenvalue weighted by molar-refractivity contribution is -0.146. The number of piperidine rings is 1. The van der Waals surface area contributed by atoms with E-state index in [9.17, 15) is 9.59 Å². The second-order valence-electron chi connectivity index (χ2n) is 5.29. The molecule has 114 valence electrons. The summed E-state index contributed by atoms with van der Waals surface area (Å²) in [5.74, 6) is -0.298. The van der Waals surface area contributed by atoms with Crippen molar-refractivity contribution in [3.63, 3.8) is 0 Å². The van der Waals surface area contributed by atoms with Gasteiger partial charge in [0.1, 0.15) is 0 Å². The topological polar surface area (TPSA) is 72.4 Å². The van der Waals surface area contributed by atoms with E-state index in [1.54, 1.807) is 11.0 Å². The summed E-state index contributed by atoms with van der Waals surface area (Å²) in [5, 5.41) is 8.10. The standard InChI is InChI=1S/C15H21N3O3/c1-4-13-12(9-10(2)16-17-13)14(19)18-7-5-11(6-8-18)15(20)21-3/h9,11H,4-8H2,1-3H3. The van der Waals surface area contributed by atoms with Gasteiger partial charge in [-0.1, -0.05) is 6.92 Å². The van der Waals surface area contributed by atoms with Crippen LogP contribution in [0.5, 0.6) is 0 Å². The Morgan fingerprint density at radius 1 is 1.33 bits per heavy atom. The van der Waals surface area contributed by atoms with Crippen molar-refractivity contribution < 1.29 is 14.3 Å². The molecule has 2 rings (SSSR count). The van der Waals surface area contributed by atoms with E-state index in [2.05, 4.69) is 10.2 Å². The number of carbonyl (C=O) groups is 2. The van der Waals surface area contributed by atoms with Gasteiger partial charge in [-0.3, -0.25) is 9.59 Å². The molecule has 0 N–H and O–H groups in total. The van der Waals surface area contributed by atoms with Crippen molar-refractivity contribution in [3.8, 4) is 0 Å². The number of likely N-dealkylation sites (tertiary alicyclic amines) is 1. The van der Waals surface area contributed by atoms with E-state index in [-0.39, 0.29) is 17.8 Å². The number of carbonyl (C=O) groups excluding carboxylic acids is 2. The Labute approximate surface area is 124 Å². The molecule has 0 saturated carbocycles. The highest BCUT2D eigenvalue weighted by atomic mass is 16.5. The van der Waals surface area contributed by atoms with Gasteiger partial charge in [-0.2, -0.15) is 10.2 Å². The molecule has 2 heterocycles. The maximum atomic E-state index is 12.6. The average Bonchev–Trinajstić information content (AvgIpc) is 2.53. The molecule has 6 nitrogen and oxygen atoms in total. The Kier molecular flexibility index (Phi) is 4.88. The molecule has 1 aromatic rings. The molecule has 1 aliphatic rings. The minimum absolute atomic E-state index is 0.0202. The fourth-order valence-corrected chi connectivity index (χ4v) is 2.62. The molecule has 0 spiro atoms. The number of amides is 1. The third-order valence-electron chi connectivity index (χ3n) is 3.87. The van der Waals surface area contributed by atoms with Crippen LogP contribution in [-0.2, 0) is 16.0 Å². The molecule has 1 saturated heterocycles. The quantitative estimate of drug-likeness (QED) is 0.787. The molecular weight excluding hydrogens is 270 g/mol. The zero-order chi connectivity index (χ0) is 15.4. The molecule has 0 aliphatic carbocycles. The predicted molar refractivity (Wildman–Crippen MR) is 76.8 cm³/mol. The van der Waals surface area contributed by atoms with Gasteiger partial charge in [-0.05, 0) is 32.3 Å². The molecule has 21 heavy (non-hydrogen) atoms. The van der Waals surface area contributed by atoms with Crippen LogP contribution in [0.2, 0.25) is 0 Å². The van der Waals surface area contributed by atoms with Crippen molar-refractivity contribution in [3.05, 3.63) is 23.0 Å². The molecule has 1 fully saturated rings. The fourth-order valence-electron chi connectivity index (χ4n) is 2.62. The number of rotatable bonds is 3. The van der Waals surface area contributed by atoms with E-state index < -0.39 is 0 Å². The number of nitrogens with zero attached hydrogens (tertiary/aromatic N) is 3. The fraction of sp³-hybridized carbons (Fsp3) is 0.600. The molecule has 0 radical (unpaired) electrons. The summed E-state index contributed by atoms with van der Waals surface area (Å²) in [4.78, 5) is 25.9. The Hall–Kier alpha value is -1.98. The summed E-state index contributed by atoms with van der Waals surface area (Å²) in [6, 6.07) is 1.79. The molecule has 0 atom stereocenters. The maximum absolute atomic E-state index is 12.6. The second-order valence-corrected chi connectivity index (χ2v) is 5.29. The Bertz CT molecular complexity index is 537. The van der Waals surface area contributed by atoms with Gasteiger partial charge in [0.15, 0.2) is 0 Å². The average molecular weight is 291 g/mol. The van der Waals surface area contributed by atoms with Gasteiger partial charge in [0, 0.05) is 13.1 Å². The molecule has 1 aliphatic heterocycles. The van der Waals surface area contributed by atoms with Crippen molar-refractivity contribution in [1.82, 2.24) is 15.1 Å². The Balaban J connectivity index is 2.09. The first kappa shape index (κ1) is 15.4. The van der Waals surface area contributed by atoms with Crippen LogP contribution in [-0.4, -0.2) is 47.2 Å². The number of aryl methyl sites for hydroxylation is 2. The van der Waals surface area contributed by atoms with Crippen molar-refractivity contribution in [2.45, 2.75) is 33.1 Å². The molecule has 0 bridgehead atoms. The van der Waals surface area contributed by atoms with Crippen LogP contribution in [0.25, 0.3) is 0 Å². The van der Waals surface area contributed by atoms with Crippen molar-refractivity contribution >= 4 is 11.9 Å². The van der Waals surface area contributed by atoms with E-state index in [4.69, 9.17) is 4.74 Å². The lowest BCUT2D eigenvalue weighted by Crippen LogP contribution is -2.41. The third kappa shape index (κ3) is 3.37. The van der Waals surface area contributed by atoms with E-state index >= 15 is 0 Å². The van der Waals surface area contributed by atoms with Gasteiger partial charge in [0.05, 0.1) is 30.0 Å². The number of ether oxygens (including phenoxy) is 1. The van der Waals surface area contributed by atoms with Crippen molar-refractivity contribution in [2.75, 3.05) is 20.2 Å². The normalized spacial score (nSPS) is 15.9. The summed E-state index contributed by atoms with van der Waals surface area (Å²) in [6.07, 6.45) is 1.97. The summed E-state index contributed by atoms with van der Waals surface area (Å²) >= 11 is 0. The van der Waals surface area contributed by atoms with E-state index in [0.29, 0.717) is 37.9 Å². The molecule has 1 aromatic heterocycles. The predicted octanol–water partition coefficient (Wildman–Crippen LogP) is 1.37. The minimum atomic E-state index is -0.183. The maximum Gasteiger partial charge on any atom is 0.308 e. The van der Waals surface area contributed by atoms with Crippen LogP contribution in [0.4, 0.5) is 0 Å². The van der Waals surface area contributed by atoms with Crippen LogP contribution in [0.15, 0.2) is 6.07 Å². The van der Waals surface area contributed by atoms with Gasteiger partial charge in [-0.25, -0.2) is 0 Å². The van der Waals surface area contributed by atoms with Crippen LogP contribution >= 0.6 is 0 Å². The van der Waals surface area contributed by atoms with Crippen LogP contribution in [0, 0.1) is 12.8 Å². The zero-order valence-electron chi connectivity index (χ0n) is 12.8. The van der Waals surface area contributed by atoms with Gasteiger partial charge in [0.2, 0.25) is 0 Å². The second kappa shape index (κ2) is 6.65. The van der Waals surface area contributed by atoms with Gasteiger partial charge in [0.25, 0.3) is 5.91 Å². The first-order valence-corrected chi connectivity index (χ1v) is 7.27. The zero-order valence-corrected chi connectivity index (χ0v) is 12.8. The van der Waals surface area contributed by atoms with E-state index in [1.165, 1.54) is 7.11 Å². The van der Waals surface area contributed by atoms with Crippen LogP contribution in [0.3, 0.4) is 0 Å². The van der Waals surface area contributed by atoms with Crippen molar-refractivity contribution in [2.24, 2.45) is 5.92 Å². The highest BCUT2D eigenvalue weighted by Gasteiger charge is 2.29. The number of hydrogen-bond acceptors (Lipinski definition) is 5. The first-order valence-electron chi connectivity index (χ1n) is 7.27. The Morgan fingerprint density at radius 2 is 2.00 bits per heavy atom. The lowest BCUT2D eigenvalue weighted by atomic mass is 9.96. The minimum Gasteiger partial charge on any atom is -0.469 e. The smallest absolute Gasteiger partial charge is 0.308 e. The van der Waals surface area contributed by atoms with Gasteiger partial charge >= 0.3 is 5.97 Å². The number of methoxy groups -OCH3 is 1. The van der Waals surface area contributed by atoms with Crippen LogP contribution in [0.1, 0.15) is 41.5 Å². The molecule has 0 aromatic carbocycles. The monoisotopic (exact) mass is 291 g/mol. The summed E-state index contributed by atoms with van der Waals surface area (Å²) in [7, 11) is 1.40. The first-order chi connectivity index (χ1) is 10.1. The van der Waals surface area contributed by atoms with Crippen molar-refractivity contribution in [1.29, 1.82) is 0 Å². The molecular formula is C15H21N3O3. The molecule has 0 unspecified atom stereocenters. The van der Waals surface area contributed by atoms with Gasteiger partial charge < -0.3 is 9.64 Å². The van der Waals surface area contributed by atoms with Gasteiger partial charge in [-0.15, -0.1) is 0 Å². The number of esters is 1. The van der Waals surface area contributed by atoms with E-state index in [1.807, 2.05) is 13.8 Å². The highest BCUT2D eigenvalue weighted by molar-refractivity contribution is 5.95. The van der Waals surface area contributed by atoms with E-state index in [0.717, 1.165) is 11.4 Å². The summed E-state index contributed by atoms with van der Waals surface area (Å²) in [6.45, 7) is 4.93. The lowest BCUT2D eigenvalue weighted by Gasteiger charge is -2.31. The van der Waals surface area contributed by atoms with Crippen LogP contribution < -0.4 is 0 Å². The molecule has 1 amide bonds. The summed E-state index contributed by atoms with van der Waals surface area (Å²) in [5.41, 5.74) is 2.09. The molecule has 6 heteroatoms. The number of aromatic nitrogens is 2. The Morgan fingerprint density at radius 3 is 2.57 bits per heavy atom. The highest BCUT2D eigenvalue weighted by Crippen LogP contribution is 2.21. The number of hydrogen-bond donors (Lipinski definition) is 0.